The van der Waals surface area contributed by atoms with Crippen molar-refractivity contribution < 1.29 is 9.53 Å². The van der Waals surface area contributed by atoms with Gasteiger partial charge in [0.25, 0.3) is 0 Å². The second-order valence-electron chi connectivity index (χ2n) is 2.36. The molecule has 0 spiro atoms. The second-order valence-corrected chi connectivity index (χ2v) is 2.36. The number of rotatable bonds is 4. The lowest BCUT2D eigenvalue weighted by molar-refractivity contribution is -0.143. The predicted molar refractivity (Wildman–Crippen MR) is 43.8 cm³/mol. The summed E-state index contributed by atoms with van der Waals surface area (Å²) in [4.78, 5) is 13.0. The van der Waals surface area contributed by atoms with E-state index in [0.717, 1.165) is 13.1 Å². The van der Waals surface area contributed by atoms with E-state index in [1.807, 2.05) is 25.7 Å². The topological polar surface area (TPSA) is 29.5 Å². The van der Waals surface area contributed by atoms with E-state index in [-0.39, 0.29) is 12.0 Å². The van der Waals surface area contributed by atoms with Crippen molar-refractivity contribution in [1.82, 2.24) is 4.90 Å². The Morgan fingerprint density at radius 3 is 2.27 bits per heavy atom. The van der Waals surface area contributed by atoms with Crippen molar-refractivity contribution in [3.8, 4) is 0 Å². The molecule has 0 heterocycles. The summed E-state index contributed by atoms with van der Waals surface area (Å²) in [7, 11) is 3.08. The van der Waals surface area contributed by atoms with Crippen LogP contribution in [-0.2, 0) is 9.53 Å². The number of hydrogen-bond acceptors (Lipinski definition) is 3. The average Bonchev–Trinajstić information content (AvgIpc) is 2.05. The van der Waals surface area contributed by atoms with Gasteiger partial charge in [-0.3, -0.25) is 9.69 Å². The van der Waals surface area contributed by atoms with Crippen molar-refractivity contribution in [2.45, 2.75) is 26.8 Å². The third-order valence-corrected chi connectivity index (χ3v) is 1.84. The molecule has 0 fully saturated rings. The number of carbonyl (C=O) groups is 1. The number of hydrogen-bond donors (Lipinski definition) is 0. The number of ether oxygens (including phenoxy) is 1. The van der Waals surface area contributed by atoms with Crippen molar-refractivity contribution in [3.05, 3.63) is 7.11 Å². The van der Waals surface area contributed by atoms with Gasteiger partial charge in [-0.05, 0) is 20.0 Å². The van der Waals surface area contributed by atoms with Gasteiger partial charge in [-0.15, -0.1) is 0 Å². The fourth-order valence-corrected chi connectivity index (χ4v) is 1.04. The van der Waals surface area contributed by atoms with Crippen molar-refractivity contribution >= 4 is 5.97 Å². The van der Waals surface area contributed by atoms with Crippen LogP contribution in [0.5, 0.6) is 0 Å². The molecule has 0 N–H and O–H groups in total. The van der Waals surface area contributed by atoms with Crippen LogP contribution >= 0.6 is 0 Å². The van der Waals surface area contributed by atoms with E-state index in [1.54, 1.807) is 0 Å². The van der Waals surface area contributed by atoms with E-state index in [9.17, 15) is 4.79 Å². The van der Waals surface area contributed by atoms with Gasteiger partial charge in [0.1, 0.15) is 13.2 Å². The molecule has 3 nitrogen and oxygen atoms in total. The molecule has 0 aromatic carbocycles. The standard InChI is InChI=1S/C8H16NO2/c1-5-9(6-2)7(3)8(10)11-4/h7H,4-6H2,1-3H3. The molecule has 0 bridgehead atoms. The summed E-state index contributed by atoms with van der Waals surface area (Å²) in [5, 5.41) is 0. The molecule has 0 rings (SSSR count). The summed E-state index contributed by atoms with van der Waals surface area (Å²) in [5.41, 5.74) is 0. The third kappa shape index (κ3) is 2.89. The van der Waals surface area contributed by atoms with E-state index in [0.29, 0.717) is 0 Å². The highest BCUT2D eigenvalue weighted by atomic mass is 16.5. The van der Waals surface area contributed by atoms with Crippen LogP contribution in [0.25, 0.3) is 0 Å². The maximum Gasteiger partial charge on any atom is 0.323 e. The molecule has 3 heteroatoms. The van der Waals surface area contributed by atoms with E-state index in [4.69, 9.17) is 0 Å². The quantitative estimate of drug-likeness (QED) is 0.573. The minimum atomic E-state index is -0.270. The highest BCUT2D eigenvalue weighted by molar-refractivity contribution is 5.75. The van der Waals surface area contributed by atoms with Gasteiger partial charge in [0.2, 0.25) is 0 Å². The third-order valence-electron chi connectivity index (χ3n) is 1.84. The Balaban J connectivity index is 3.97. The van der Waals surface area contributed by atoms with Crippen LogP contribution in [0.3, 0.4) is 0 Å². The molecular formula is C8H16NO2. The first-order valence-corrected chi connectivity index (χ1v) is 3.87. The van der Waals surface area contributed by atoms with E-state index >= 15 is 0 Å². The van der Waals surface area contributed by atoms with E-state index in [2.05, 4.69) is 11.8 Å². The van der Waals surface area contributed by atoms with Gasteiger partial charge in [-0.25, -0.2) is 0 Å². The smallest absolute Gasteiger partial charge is 0.323 e. The van der Waals surface area contributed by atoms with Crippen LogP contribution < -0.4 is 0 Å². The van der Waals surface area contributed by atoms with Crippen molar-refractivity contribution in [2.24, 2.45) is 0 Å². The summed E-state index contributed by atoms with van der Waals surface area (Å²) in [6.07, 6.45) is 0. The summed E-state index contributed by atoms with van der Waals surface area (Å²) in [6.45, 7) is 7.55. The Morgan fingerprint density at radius 1 is 1.55 bits per heavy atom. The molecule has 0 aliphatic carbocycles. The minimum absolute atomic E-state index is 0.178. The zero-order chi connectivity index (χ0) is 8.85. The minimum Gasteiger partial charge on any atom is -0.461 e. The summed E-state index contributed by atoms with van der Waals surface area (Å²) in [5.74, 6) is -0.270. The van der Waals surface area contributed by atoms with Crippen molar-refractivity contribution in [1.29, 1.82) is 0 Å². The Hall–Kier alpha value is -0.570. The number of carbonyl (C=O) groups excluding carboxylic acids is 1. The first kappa shape index (κ1) is 10.4. The number of nitrogens with zero attached hydrogens (tertiary/aromatic N) is 1. The van der Waals surface area contributed by atoms with Gasteiger partial charge < -0.3 is 4.74 Å². The number of esters is 1. The molecule has 65 valence electrons. The lowest BCUT2D eigenvalue weighted by atomic mass is 10.3. The van der Waals surface area contributed by atoms with Crippen LogP contribution in [0.15, 0.2) is 0 Å². The van der Waals surface area contributed by atoms with Gasteiger partial charge in [-0.2, -0.15) is 0 Å². The van der Waals surface area contributed by atoms with Gasteiger partial charge >= 0.3 is 5.97 Å². The lowest BCUT2D eigenvalue weighted by Gasteiger charge is -2.23. The fourth-order valence-electron chi connectivity index (χ4n) is 1.04. The summed E-state index contributed by atoms with van der Waals surface area (Å²) < 4.78 is 4.37. The largest absolute Gasteiger partial charge is 0.461 e. The maximum absolute atomic E-state index is 10.9. The molecule has 0 saturated heterocycles. The van der Waals surface area contributed by atoms with Crippen LogP contribution in [0.1, 0.15) is 20.8 Å². The van der Waals surface area contributed by atoms with Crippen LogP contribution in [0, 0.1) is 7.11 Å². The van der Waals surface area contributed by atoms with Crippen LogP contribution in [0.4, 0.5) is 0 Å². The van der Waals surface area contributed by atoms with Gasteiger partial charge in [0, 0.05) is 0 Å². The molecule has 0 amide bonds. The van der Waals surface area contributed by atoms with E-state index in [1.165, 1.54) is 0 Å². The lowest BCUT2D eigenvalue weighted by Crippen LogP contribution is -2.39. The highest BCUT2D eigenvalue weighted by Gasteiger charge is 2.18. The van der Waals surface area contributed by atoms with Crippen molar-refractivity contribution in [3.63, 3.8) is 0 Å². The molecule has 0 aromatic heterocycles. The zero-order valence-corrected chi connectivity index (χ0v) is 7.46. The van der Waals surface area contributed by atoms with Gasteiger partial charge in [-0.1, -0.05) is 13.8 Å². The Bertz CT molecular complexity index is 121. The zero-order valence-electron chi connectivity index (χ0n) is 7.46. The van der Waals surface area contributed by atoms with Crippen LogP contribution in [0.2, 0.25) is 0 Å². The fraction of sp³-hybridized carbons (Fsp3) is 0.750. The molecule has 0 saturated carbocycles. The molecule has 1 radical (unpaired) electrons. The molecule has 1 unspecified atom stereocenters. The van der Waals surface area contributed by atoms with Crippen LogP contribution in [-0.4, -0.2) is 30.0 Å². The number of likely N-dealkylation sites (N-methyl/N-ethyl adjacent to an activating group) is 1. The second kappa shape index (κ2) is 5.13. The molecular weight excluding hydrogens is 142 g/mol. The SMILES string of the molecule is [CH2]OC(=O)C(C)N(CC)CC. The van der Waals surface area contributed by atoms with E-state index < -0.39 is 0 Å². The maximum atomic E-state index is 10.9. The Morgan fingerprint density at radius 2 is 2.00 bits per heavy atom. The molecule has 0 aliphatic heterocycles. The molecule has 1 atom stereocenters. The monoisotopic (exact) mass is 158 g/mol. The summed E-state index contributed by atoms with van der Waals surface area (Å²) >= 11 is 0. The Kier molecular flexibility index (Phi) is 4.86. The van der Waals surface area contributed by atoms with Gasteiger partial charge in [0.05, 0.1) is 0 Å². The van der Waals surface area contributed by atoms with Crippen molar-refractivity contribution in [2.75, 3.05) is 13.1 Å². The average molecular weight is 158 g/mol. The molecule has 0 aliphatic rings. The highest BCUT2D eigenvalue weighted by Crippen LogP contribution is 1.99. The Labute approximate surface area is 68.3 Å². The normalized spacial score (nSPS) is 13.2. The molecule has 0 aromatic rings. The summed E-state index contributed by atoms with van der Waals surface area (Å²) in [6, 6.07) is -0.178. The predicted octanol–water partition coefficient (Wildman–Crippen LogP) is 1.05. The first-order valence-electron chi connectivity index (χ1n) is 3.87. The van der Waals surface area contributed by atoms with Gasteiger partial charge in [0.15, 0.2) is 0 Å². The first-order chi connectivity index (χ1) is 5.17. The molecule has 11 heavy (non-hydrogen) atoms.